The van der Waals surface area contributed by atoms with E-state index in [0.717, 1.165) is 5.56 Å². The Labute approximate surface area is 129 Å². The van der Waals surface area contributed by atoms with Gasteiger partial charge in [0.15, 0.2) is 0 Å². The van der Waals surface area contributed by atoms with E-state index in [1.54, 1.807) is 11.0 Å². The Kier molecular flexibility index (Phi) is 5.35. The minimum atomic E-state index is -0.292. The second kappa shape index (κ2) is 7.24. The van der Waals surface area contributed by atoms with Crippen molar-refractivity contribution in [2.45, 2.75) is 38.8 Å². The molecule has 1 unspecified atom stereocenters. The van der Waals surface area contributed by atoms with Crippen LogP contribution in [0.25, 0.3) is 0 Å². The van der Waals surface area contributed by atoms with Gasteiger partial charge in [0.2, 0.25) is 5.91 Å². The van der Waals surface area contributed by atoms with Crippen molar-refractivity contribution < 1.29 is 14.0 Å². The number of urea groups is 1. The highest BCUT2D eigenvalue weighted by molar-refractivity contribution is 5.81. The molecule has 1 aromatic carbocycles. The van der Waals surface area contributed by atoms with Crippen molar-refractivity contribution in [3.05, 3.63) is 35.6 Å². The molecule has 1 aliphatic heterocycles. The quantitative estimate of drug-likeness (QED) is 0.869. The second-order valence-electron chi connectivity index (χ2n) is 5.82. The van der Waals surface area contributed by atoms with E-state index in [0.29, 0.717) is 25.9 Å². The van der Waals surface area contributed by atoms with Gasteiger partial charge in [0.1, 0.15) is 5.82 Å². The highest BCUT2D eigenvalue weighted by atomic mass is 19.1. The van der Waals surface area contributed by atoms with Gasteiger partial charge in [-0.1, -0.05) is 12.1 Å². The summed E-state index contributed by atoms with van der Waals surface area (Å²) in [4.78, 5) is 25.3. The van der Waals surface area contributed by atoms with Crippen LogP contribution in [0.4, 0.5) is 9.18 Å². The van der Waals surface area contributed by atoms with Gasteiger partial charge in [0, 0.05) is 25.6 Å². The molecule has 0 aromatic heterocycles. The van der Waals surface area contributed by atoms with Gasteiger partial charge in [-0.3, -0.25) is 4.79 Å². The van der Waals surface area contributed by atoms with E-state index in [4.69, 9.17) is 0 Å². The average molecular weight is 307 g/mol. The molecule has 5 nitrogen and oxygen atoms in total. The first-order valence-electron chi connectivity index (χ1n) is 7.54. The van der Waals surface area contributed by atoms with E-state index in [1.807, 2.05) is 19.9 Å². The molecule has 2 N–H and O–H groups in total. The van der Waals surface area contributed by atoms with Crippen molar-refractivity contribution in [3.8, 4) is 0 Å². The number of amides is 3. The minimum absolute atomic E-state index is 0.0695. The van der Waals surface area contributed by atoms with Crippen molar-refractivity contribution in [1.29, 1.82) is 0 Å². The van der Waals surface area contributed by atoms with Crippen LogP contribution in [0.15, 0.2) is 24.3 Å². The lowest BCUT2D eigenvalue weighted by atomic mass is 10.1. The zero-order chi connectivity index (χ0) is 16.1. The monoisotopic (exact) mass is 307 g/mol. The molecule has 1 aromatic rings. The van der Waals surface area contributed by atoms with Gasteiger partial charge in [0.05, 0.1) is 6.04 Å². The molecule has 0 radical (unpaired) electrons. The molecule has 1 fully saturated rings. The maximum Gasteiger partial charge on any atom is 0.315 e. The number of carbonyl (C=O) groups excluding carboxylic acids is 2. The fourth-order valence-electron chi connectivity index (χ4n) is 2.58. The van der Waals surface area contributed by atoms with E-state index in [2.05, 4.69) is 10.6 Å². The van der Waals surface area contributed by atoms with Crippen molar-refractivity contribution in [2.24, 2.45) is 0 Å². The third-order valence-corrected chi connectivity index (χ3v) is 3.71. The van der Waals surface area contributed by atoms with Gasteiger partial charge in [-0.25, -0.2) is 9.18 Å². The third kappa shape index (κ3) is 4.44. The van der Waals surface area contributed by atoms with Gasteiger partial charge in [0.25, 0.3) is 0 Å². The molecule has 1 aliphatic rings. The predicted octanol–water partition coefficient (Wildman–Crippen LogP) is 1.68. The number of hydrogen-bond acceptors (Lipinski definition) is 2. The molecule has 120 valence electrons. The number of hydrogen-bond donors (Lipinski definition) is 2. The number of carbonyl (C=O) groups is 2. The summed E-state index contributed by atoms with van der Waals surface area (Å²) >= 11 is 0. The summed E-state index contributed by atoms with van der Waals surface area (Å²) in [5.74, 6) is -0.208. The second-order valence-corrected chi connectivity index (χ2v) is 5.82. The summed E-state index contributed by atoms with van der Waals surface area (Å²) in [5.41, 5.74) is 0.835. The fraction of sp³-hybridized carbons (Fsp3) is 0.500. The molecular formula is C16H22FN3O2. The van der Waals surface area contributed by atoms with Gasteiger partial charge in [-0.05, 0) is 38.0 Å². The maximum atomic E-state index is 13.0. The van der Waals surface area contributed by atoms with Gasteiger partial charge < -0.3 is 15.5 Å². The zero-order valence-corrected chi connectivity index (χ0v) is 12.9. The largest absolute Gasteiger partial charge is 0.338 e. The number of benzene rings is 1. The standard InChI is InChI=1S/C16H22FN3O2/c1-11(2)20-10-14(9-15(20)21)19-16(22)18-7-6-12-4-3-5-13(17)8-12/h3-5,8,11,14H,6-7,9-10H2,1-2H3,(H2,18,19,22). The summed E-state index contributed by atoms with van der Waals surface area (Å²) in [6, 6.07) is 6.02. The summed E-state index contributed by atoms with van der Waals surface area (Å²) in [6.45, 7) is 4.89. The fourth-order valence-corrected chi connectivity index (χ4v) is 2.58. The number of nitrogens with one attached hydrogen (secondary N) is 2. The van der Waals surface area contributed by atoms with Crippen LogP contribution < -0.4 is 10.6 Å². The van der Waals surface area contributed by atoms with Gasteiger partial charge in [-0.2, -0.15) is 0 Å². The Morgan fingerprint density at radius 2 is 2.23 bits per heavy atom. The summed E-state index contributed by atoms with van der Waals surface area (Å²) in [7, 11) is 0. The lowest BCUT2D eigenvalue weighted by Crippen LogP contribution is -2.44. The van der Waals surface area contributed by atoms with E-state index >= 15 is 0 Å². The molecule has 1 saturated heterocycles. The molecule has 1 heterocycles. The Morgan fingerprint density at radius 3 is 2.86 bits per heavy atom. The van der Waals surface area contributed by atoms with E-state index < -0.39 is 0 Å². The molecule has 6 heteroatoms. The SMILES string of the molecule is CC(C)N1CC(NC(=O)NCCc2cccc(F)c2)CC1=O. The van der Waals surface area contributed by atoms with Crippen LogP contribution in [0.5, 0.6) is 0 Å². The maximum absolute atomic E-state index is 13.0. The average Bonchev–Trinajstić information content (AvgIpc) is 2.79. The molecule has 1 atom stereocenters. The first kappa shape index (κ1) is 16.3. The van der Waals surface area contributed by atoms with Crippen molar-refractivity contribution >= 4 is 11.9 Å². The highest BCUT2D eigenvalue weighted by Crippen LogP contribution is 2.14. The number of nitrogens with zero attached hydrogens (tertiary/aromatic N) is 1. The first-order chi connectivity index (χ1) is 10.5. The van der Waals surface area contributed by atoms with E-state index in [9.17, 15) is 14.0 Å². The molecular weight excluding hydrogens is 285 g/mol. The van der Waals surface area contributed by atoms with E-state index in [1.165, 1.54) is 12.1 Å². The Bertz CT molecular complexity index is 548. The molecule has 3 amide bonds. The summed E-state index contributed by atoms with van der Waals surface area (Å²) in [6.07, 6.45) is 0.905. The van der Waals surface area contributed by atoms with Crippen LogP contribution in [0.3, 0.4) is 0 Å². The van der Waals surface area contributed by atoms with E-state index in [-0.39, 0.29) is 29.8 Å². The zero-order valence-electron chi connectivity index (χ0n) is 12.9. The molecule has 0 saturated carbocycles. The van der Waals surface area contributed by atoms with Crippen LogP contribution in [0, 0.1) is 5.82 Å². The highest BCUT2D eigenvalue weighted by Gasteiger charge is 2.31. The summed E-state index contributed by atoms with van der Waals surface area (Å²) < 4.78 is 13.0. The third-order valence-electron chi connectivity index (χ3n) is 3.71. The summed E-state index contributed by atoms with van der Waals surface area (Å²) in [5, 5.41) is 5.54. The number of likely N-dealkylation sites (tertiary alicyclic amines) is 1. The van der Waals surface area contributed by atoms with Crippen molar-refractivity contribution in [1.82, 2.24) is 15.5 Å². The van der Waals surface area contributed by atoms with Crippen LogP contribution in [0.1, 0.15) is 25.8 Å². The first-order valence-corrected chi connectivity index (χ1v) is 7.54. The van der Waals surface area contributed by atoms with Crippen LogP contribution in [-0.2, 0) is 11.2 Å². The van der Waals surface area contributed by atoms with Crippen molar-refractivity contribution in [2.75, 3.05) is 13.1 Å². The topological polar surface area (TPSA) is 61.4 Å². The Hall–Kier alpha value is -2.11. The minimum Gasteiger partial charge on any atom is -0.338 e. The number of rotatable bonds is 5. The molecule has 0 bridgehead atoms. The van der Waals surface area contributed by atoms with Crippen LogP contribution in [-0.4, -0.2) is 42.0 Å². The Balaban J connectivity index is 1.71. The Morgan fingerprint density at radius 1 is 1.45 bits per heavy atom. The molecule has 2 rings (SSSR count). The van der Waals surface area contributed by atoms with Gasteiger partial charge >= 0.3 is 6.03 Å². The van der Waals surface area contributed by atoms with Gasteiger partial charge in [-0.15, -0.1) is 0 Å². The predicted molar refractivity (Wildman–Crippen MR) is 81.9 cm³/mol. The van der Waals surface area contributed by atoms with Crippen molar-refractivity contribution in [3.63, 3.8) is 0 Å². The van der Waals surface area contributed by atoms with Crippen LogP contribution >= 0.6 is 0 Å². The molecule has 0 aliphatic carbocycles. The normalized spacial score (nSPS) is 17.9. The smallest absolute Gasteiger partial charge is 0.315 e. The molecule has 0 spiro atoms. The lowest BCUT2D eigenvalue weighted by Gasteiger charge is -2.21. The number of halogens is 1. The van der Waals surface area contributed by atoms with Crippen LogP contribution in [0.2, 0.25) is 0 Å². The molecule has 22 heavy (non-hydrogen) atoms. The lowest BCUT2D eigenvalue weighted by molar-refractivity contribution is -0.129.